The second kappa shape index (κ2) is 9.25. The number of carbonyl (C=O) groups excluding carboxylic acids is 1. The summed E-state index contributed by atoms with van der Waals surface area (Å²) in [7, 11) is 0. The Kier molecular flexibility index (Phi) is 6.40. The predicted octanol–water partition coefficient (Wildman–Crippen LogP) is 3.94. The molecule has 1 aromatic carbocycles. The normalized spacial score (nSPS) is 16.8. The van der Waals surface area contributed by atoms with Gasteiger partial charge in [0.05, 0.1) is 17.6 Å². The van der Waals surface area contributed by atoms with Crippen LogP contribution in [0, 0.1) is 6.92 Å². The number of aromatic nitrogens is 2. The lowest BCUT2D eigenvalue weighted by Crippen LogP contribution is -2.49. The summed E-state index contributed by atoms with van der Waals surface area (Å²) in [5, 5.41) is 3.20. The van der Waals surface area contributed by atoms with E-state index in [-0.39, 0.29) is 13.1 Å². The van der Waals surface area contributed by atoms with E-state index in [0.29, 0.717) is 25.5 Å². The lowest BCUT2D eigenvalue weighted by molar-refractivity contribution is -0.161. The molecule has 1 aromatic heterocycles. The van der Waals surface area contributed by atoms with Crippen molar-refractivity contribution in [2.75, 3.05) is 37.6 Å². The van der Waals surface area contributed by atoms with Crippen LogP contribution < -0.4 is 10.2 Å². The number of anilines is 1. The molecular weight excluding hydrogens is 431 g/mol. The minimum Gasteiger partial charge on any atom is -0.387 e. The van der Waals surface area contributed by atoms with E-state index in [9.17, 15) is 18.0 Å². The zero-order chi connectivity index (χ0) is 23.6. The van der Waals surface area contributed by atoms with Crippen LogP contribution in [0.1, 0.15) is 24.6 Å². The van der Waals surface area contributed by atoms with Crippen LogP contribution in [0.25, 0.3) is 16.8 Å². The summed E-state index contributed by atoms with van der Waals surface area (Å²) < 4.78 is 37.7. The molecule has 0 atom stereocenters. The Labute approximate surface area is 190 Å². The lowest BCUT2D eigenvalue weighted by atomic mass is 9.97. The van der Waals surface area contributed by atoms with E-state index in [1.807, 2.05) is 49.2 Å². The number of nitrogens with zero attached hydrogens (tertiary/aromatic N) is 4. The number of rotatable bonds is 4. The van der Waals surface area contributed by atoms with Crippen molar-refractivity contribution in [2.24, 2.45) is 0 Å². The molecular formula is C24H26F3N5O. The highest BCUT2D eigenvalue weighted by atomic mass is 19.4. The third-order valence-corrected chi connectivity index (χ3v) is 5.82. The number of carbonyl (C=O) groups is 1. The molecule has 0 saturated carbocycles. The lowest BCUT2D eigenvalue weighted by Gasteiger charge is -2.35. The number of hydrogen-bond donors (Lipinski definition) is 1. The van der Waals surface area contributed by atoms with Gasteiger partial charge >= 0.3 is 6.18 Å². The summed E-state index contributed by atoms with van der Waals surface area (Å²) in [6, 6.07) is 8.11. The molecule has 2 aliphatic rings. The van der Waals surface area contributed by atoms with E-state index in [1.165, 1.54) is 4.90 Å². The van der Waals surface area contributed by atoms with Crippen LogP contribution in [0.2, 0.25) is 0 Å². The molecule has 0 aliphatic carbocycles. The van der Waals surface area contributed by atoms with Crippen molar-refractivity contribution in [3.05, 3.63) is 59.6 Å². The van der Waals surface area contributed by atoms with Crippen LogP contribution in [0.5, 0.6) is 0 Å². The van der Waals surface area contributed by atoms with Gasteiger partial charge in [0.15, 0.2) is 0 Å². The Morgan fingerprint density at radius 1 is 1.06 bits per heavy atom. The van der Waals surface area contributed by atoms with Crippen molar-refractivity contribution < 1.29 is 18.0 Å². The Morgan fingerprint density at radius 2 is 1.76 bits per heavy atom. The van der Waals surface area contributed by atoms with E-state index in [0.717, 1.165) is 33.7 Å². The first kappa shape index (κ1) is 22.8. The van der Waals surface area contributed by atoms with Crippen molar-refractivity contribution in [3.63, 3.8) is 0 Å². The molecule has 0 bridgehead atoms. The van der Waals surface area contributed by atoms with Gasteiger partial charge in [0.2, 0.25) is 5.91 Å². The Balaban J connectivity index is 1.60. The average Bonchev–Trinajstić information content (AvgIpc) is 2.79. The first-order valence-corrected chi connectivity index (χ1v) is 10.9. The van der Waals surface area contributed by atoms with E-state index in [4.69, 9.17) is 9.97 Å². The SMILES string of the molecule is CC1=CNCC=C1c1nc(N2CCN(C(=O)CC(F)(F)F)CC2)cnc1-c1ccc(C)cc1. The minimum absolute atomic E-state index is 0.219. The molecule has 33 heavy (non-hydrogen) atoms. The number of allylic oxidation sites excluding steroid dienone is 2. The topological polar surface area (TPSA) is 61.4 Å². The zero-order valence-electron chi connectivity index (χ0n) is 18.6. The summed E-state index contributed by atoms with van der Waals surface area (Å²) >= 11 is 0. The Hall–Kier alpha value is -3.36. The maximum atomic E-state index is 12.6. The molecule has 174 valence electrons. The molecule has 2 aromatic rings. The highest BCUT2D eigenvalue weighted by Crippen LogP contribution is 2.32. The second-order valence-electron chi connectivity index (χ2n) is 8.30. The summed E-state index contributed by atoms with van der Waals surface area (Å²) in [5.41, 5.74) is 5.70. The zero-order valence-corrected chi connectivity index (χ0v) is 18.6. The van der Waals surface area contributed by atoms with Crippen LogP contribution in [-0.2, 0) is 4.79 Å². The number of nitrogens with one attached hydrogen (secondary N) is 1. The Morgan fingerprint density at radius 3 is 2.39 bits per heavy atom. The van der Waals surface area contributed by atoms with Crippen molar-refractivity contribution in [1.29, 1.82) is 0 Å². The summed E-state index contributed by atoms with van der Waals surface area (Å²) in [6.07, 6.45) is -0.181. The number of amides is 1. The van der Waals surface area contributed by atoms with Crippen LogP contribution in [0.4, 0.5) is 19.0 Å². The van der Waals surface area contributed by atoms with Crippen LogP contribution in [-0.4, -0.2) is 59.7 Å². The van der Waals surface area contributed by atoms with Gasteiger partial charge in [-0.05, 0) is 19.4 Å². The fourth-order valence-electron chi connectivity index (χ4n) is 4.01. The maximum absolute atomic E-state index is 12.6. The van der Waals surface area contributed by atoms with Crippen LogP contribution in [0.15, 0.2) is 48.3 Å². The van der Waals surface area contributed by atoms with Crippen LogP contribution in [0.3, 0.4) is 0 Å². The molecule has 1 amide bonds. The van der Waals surface area contributed by atoms with E-state index < -0.39 is 18.5 Å². The van der Waals surface area contributed by atoms with Gasteiger partial charge in [-0.2, -0.15) is 13.2 Å². The van der Waals surface area contributed by atoms with Crippen molar-refractivity contribution in [1.82, 2.24) is 20.2 Å². The second-order valence-corrected chi connectivity index (χ2v) is 8.30. The number of alkyl halides is 3. The first-order chi connectivity index (χ1) is 15.7. The molecule has 1 N–H and O–H groups in total. The number of aryl methyl sites for hydroxylation is 1. The number of benzene rings is 1. The smallest absolute Gasteiger partial charge is 0.387 e. The molecule has 2 aliphatic heterocycles. The predicted molar refractivity (Wildman–Crippen MR) is 121 cm³/mol. The fraction of sp³-hybridized carbons (Fsp3) is 0.375. The van der Waals surface area contributed by atoms with Gasteiger partial charge in [-0.15, -0.1) is 0 Å². The monoisotopic (exact) mass is 457 g/mol. The van der Waals surface area contributed by atoms with Gasteiger partial charge in [0.1, 0.15) is 12.2 Å². The largest absolute Gasteiger partial charge is 0.397 e. The summed E-state index contributed by atoms with van der Waals surface area (Å²) in [5.74, 6) is -0.236. The first-order valence-electron chi connectivity index (χ1n) is 10.9. The van der Waals surface area contributed by atoms with Crippen molar-refractivity contribution >= 4 is 17.3 Å². The molecule has 9 heteroatoms. The maximum Gasteiger partial charge on any atom is 0.397 e. The average molecular weight is 458 g/mol. The quantitative estimate of drug-likeness (QED) is 0.754. The third kappa shape index (κ3) is 5.35. The van der Waals surface area contributed by atoms with Crippen molar-refractivity contribution in [2.45, 2.75) is 26.4 Å². The van der Waals surface area contributed by atoms with Gasteiger partial charge in [-0.3, -0.25) is 9.78 Å². The summed E-state index contributed by atoms with van der Waals surface area (Å²) in [6.45, 7) is 5.96. The highest BCUT2D eigenvalue weighted by Gasteiger charge is 2.34. The molecule has 1 fully saturated rings. The third-order valence-electron chi connectivity index (χ3n) is 5.82. The number of piperazine rings is 1. The molecule has 0 radical (unpaired) electrons. The molecule has 0 spiro atoms. The number of dihydropyridines is 1. The van der Waals surface area contributed by atoms with Crippen molar-refractivity contribution in [3.8, 4) is 11.3 Å². The molecule has 6 nitrogen and oxygen atoms in total. The molecule has 1 saturated heterocycles. The molecule has 0 unspecified atom stereocenters. The summed E-state index contributed by atoms with van der Waals surface area (Å²) in [4.78, 5) is 24.8. The van der Waals surface area contributed by atoms with Gasteiger partial charge in [0, 0.05) is 50.1 Å². The number of halogens is 3. The highest BCUT2D eigenvalue weighted by molar-refractivity contribution is 5.85. The van der Waals surface area contributed by atoms with E-state index in [1.54, 1.807) is 6.20 Å². The minimum atomic E-state index is -4.49. The van der Waals surface area contributed by atoms with E-state index in [2.05, 4.69) is 11.4 Å². The van der Waals surface area contributed by atoms with Gasteiger partial charge in [-0.25, -0.2) is 4.98 Å². The van der Waals surface area contributed by atoms with Gasteiger partial charge in [-0.1, -0.05) is 35.9 Å². The molecule has 4 rings (SSSR count). The standard InChI is InChI=1S/C24H26F3N5O/c1-16-3-5-18(6-4-16)22-23(19-7-8-28-14-17(19)2)30-20(15-29-22)31-9-11-32(12-10-31)21(33)13-24(25,26)27/h3-7,14-15,28H,8-13H2,1-2H3. The van der Waals surface area contributed by atoms with Gasteiger partial charge in [0.25, 0.3) is 0 Å². The van der Waals surface area contributed by atoms with Gasteiger partial charge < -0.3 is 15.1 Å². The van der Waals surface area contributed by atoms with Crippen LogP contribution >= 0.6 is 0 Å². The number of hydrogen-bond acceptors (Lipinski definition) is 5. The molecule has 3 heterocycles. The Bertz CT molecular complexity index is 1080. The van der Waals surface area contributed by atoms with E-state index >= 15 is 0 Å². The fourth-order valence-corrected chi connectivity index (χ4v) is 4.01.